The second-order valence-corrected chi connectivity index (χ2v) is 3.31. The first-order valence-electron chi connectivity index (χ1n) is 3.14. The minimum atomic E-state index is 0.221. The van der Waals surface area contributed by atoms with Gasteiger partial charge in [0.25, 0.3) is 0 Å². The predicted octanol–water partition coefficient (Wildman–Crippen LogP) is 0.596. The van der Waals surface area contributed by atoms with Gasteiger partial charge in [0.15, 0.2) is 0 Å². The van der Waals surface area contributed by atoms with Crippen LogP contribution in [-0.2, 0) is 0 Å². The standard InChI is InChI=1S/C7H5N3Se/c1-3-8-4-2-6(1)7-5-11-10-9-7/h1-5H. The Bertz CT molecular complexity index is 317. The van der Waals surface area contributed by atoms with Crippen LogP contribution in [-0.4, -0.2) is 28.9 Å². The molecule has 0 saturated heterocycles. The molecule has 0 N–H and O–H groups in total. The van der Waals surface area contributed by atoms with E-state index in [0.717, 1.165) is 11.3 Å². The molecule has 0 aromatic carbocycles. The van der Waals surface area contributed by atoms with Crippen LogP contribution in [0.5, 0.6) is 0 Å². The van der Waals surface area contributed by atoms with Crippen LogP contribution in [0.2, 0.25) is 0 Å². The van der Waals surface area contributed by atoms with Crippen molar-refractivity contribution in [1.29, 1.82) is 0 Å². The molecule has 0 aliphatic rings. The van der Waals surface area contributed by atoms with Gasteiger partial charge in [-0.05, 0) is 0 Å². The third kappa shape index (κ3) is 1.36. The van der Waals surface area contributed by atoms with Crippen molar-refractivity contribution in [2.24, 2.45) is 0 Å². The van der Waals surface area contributed by atoms with Crippen LogP contribution < -0.4 is 0 Å². The topological polar surface area (TPSA) is 38.7 Å². The molecule has 0 spiro atoms. The molecule has 2 heterocycles. The molecule has 0 amide bonds. The van der Waals surface area contributed by atoms with Crippen LogP contribution in [0.15, 0.2) is 29.5 Å². The fourth-order valence-electron chi connectivity index (χ4n) is 0.813. The van der Waals surface area contributed by atoms with E-state index >= 15 is 0 Å². The summed E-state index contributed by atoms with van der Waals surface area (Å²) in [5.74, 6) is 0. The van der Waals surface area contributed by atoms with Crippen molar-refractivity contribution in [3.63, 3.8) is 0 Å². The minimum absolute atomic E-state index is 0.221. The van der Waals surface area contributed by atoms with Gasteiger partial charge in [0.05, 0.1) is 0 Å². The average Bonchev–Trinajstić information content (AvgIpc) is 2.58. The van der Waals surface area contributed by atoms with Gasteiger partial charge in [0, 0.05) is 0 Å². The number of pyridine rings is 1. The Labute approximate surface area is 70.1 Å². The first kappa shape index (κ1) is 6.70. The van der Waals surface area contributed by atoms with Crippen molar-refractivity contribution in [3.05, 3.63) is 29.5 Å². The molecule has 0 fully saturated rings. The zero-order valence-corrected chi connectivity index (χ0v) is 7.35. The van der Waals surface area contributed by atoms with Crippen molar-refractivity contribution in [2.75, 3.05) is 0 Å². The molecule has 54 valence electrons. The van der Waals surface area contributed by atoms with E-state index < -0.39 is 0 Å². The number of nitrogens with zero attached hydrogens (tertiary/aromatic N) is 3. The first-order valence-corrected chi connectivity index (χ1v) is 4.90. The summed E-state index contributed by atoms with van der Waals surface area (Å²) in [4.78, 5) is 5.98. The molecule has 3 nitrogen and oxygen atoms in total. The Kier molecular flexibility index (Phi) is 1.79. The fourth-order valence-corrected chi connectivity index (χ4v) is 1.79. The average molecular weight is 210 g/mol. The van der Waals surface area contributed by atoms with E-state index in [-0.39, 0.29) is 14.7 Å². The van der Waals surface area contributed by atoms with E-state index in [0.29, 0.717) is 0 Å². The summed E-state index contributed by atoms with van der Waals surface area (Å²) < 4.78 is 3.92. The van der Waals surface area contributed by atoms with Crippen molar-refractivity contribution >= 4 is 14.7 Å². The SMILES string of the molecule is c1cc(-c2c[se]nn2)ccn1. The second kappa shape index (κ2) is 2.94. The molecule has 0 aliphatic carbocycles. The number of rotatable bonds is 1. The van der Waals surface area contributed by atoms with Gasteiger partial charge < -0.3 is 0 Å². The van der Waals surface area contributed by atoms with Crippen molar-refractivity contribution in [2.45, 2.75) is 0 Å². The van der Waals surface area contributed by atoms with Crippen molar-refractivity contribution in [1.82, 2.24) is 14.2 Å². The Morgan fingerprint density at radius 3 is 2.64 bits per heavy atom. The maximum atomic E-state index is 3.99. The summed E-state index contributed by atoms with van der Waals surface area (Å²) in [6.07, 6.45) is 3.52. The summed E-state index contributed by atoms with van der Waals surface area (Å²) in [6.45, 7) is 0. The van der Waals surface area contributed by atoms with Gasteiger partial charge in [-0.25, -0.2) is 0 Å². The fraction of sp³-hybridized carbons (Fsp3) is 0. The van der Waals surface area contributed by atoms with E-state index in [4.69, 9.17) is 0 Å². The molecule has 2 rings (SSSR count). The van der Waals surface area contributed by atoms with Crippen LogP contribution in [0.3, 0.4) is 0 Å². The van der Waals surface area contributed by atoms with Crippen LogP contribution in [0.1, 0.15) is 0 Å². The molecule has 11 heavy (non-hydrogen) atoms. The Morgan fingerprint density at radius 1 is 1.18 bits per heavy atom. The third-order valence-electron chi connectivity index (χ3n) is 1.34. The Balaban J connectivity index is 2.46. The molecular weight excluding hydrogens is 205 g/mol. The zero-order chi connectivity index (χ0) is 7.52. The number of aromatic nitrogens is 3. The van der Waals surface area contributed by atoms with E-state index in [9.17, 15) is 0 Å². The van der Waals surface area contributed by atoms with E-state index in [2.05, 4.69) is 19.1 Å². The van der Waals surface area contributed by atoms with Gasteiger partial charge in [-0.2, -0.15) is 0 Å². The van der Waals surface area contributed by atoms with Crippen molar-refractivity contribution in [3.8, 4) is 11.3 Å². The predicted molar refractivity (Wildman–Crippen MR) is 42.2 cm³/mol. The van der Waals surface area contributed by atoms with Crippen LogP contribution in [0, 0.1) is 0 Å². The summed E-state index contributed by atoms with van der Waals surface area (Å²) >= 11 is 0.221. The molecule has 2 aromatic heterocycles. The first-order chi connectivity index (χ1) is 5.47. The summed E-state index contributed by atoms with van der Waals surface area (Å²) in [6, 6.07) is 3.87. The molecule has 0 bridgehead atoms. The third-order valence-corrected chi connectivity index (χ3v) is 2.39. The summed E-state index contributed by atoms with van der Waals surface area (Å²) in [5.41, 5.74) is 2.08. The molecular formula is C7H5N3Se. The van der Waals surface area contributed by atoms with E-state index in [1.54, 1.807) is 12.4 Å². The summed E-state index contributed by atoms with van der Waals surface area (Å²) in [7, 11) is 0. The Hall–Kier alpha value is -0.991. The van der Waals surface area contributed by atoms with Crippen LogP contribution in [0.25, 0.3) is 11.3 Å². The molecule has 0 saturated carbocycles. The van der Waals surface area contributed by atoms with Gasteiger partial charge in [0.1, 0.15) is 0 Å². The number of hydrogen-bond acceptors (Lipinski definition) is 3. The summed E-state index contributed by atoms with van der Waals surface area (Å²) in [5, 5.41) is 3.99. The van der Waals surface area contributed by atoms with Crippen LogP contribution in [0.4, 0.5) is 0 Å². The van der Waals surface area contributed by atoms with Crippen LogP contribution >= 0.6 is 0 Å². The molecule has 4 heteroatoms. The van der Waals surface area contributed by atoms with Gasteiger partial charge in [0.2, 0.25) is 0 Å². The van der Waals surface area contributed by atoms with E-state index in [1.807, 2.05) is 12.1 Å². The molecule has 0 unspecified atom stereocenters. The van der Waals surface area contributed by atoms with Gasteiger partial charge in [-0.3, -0.25) is 0 Å². The Morgan fingerprint density at radius 2 is 2.00 bits per heavy atom. The normalized spacial score (nSPS) is 9.82. The molecule has 2 aromatic rings. The van der Waals surface area contributed by atoms with E-state index in [1.165, 1.54) is 0 Å². The second-order valence-electron chi connectivity index (χ2n) is 2.03. The van der Waals surface area contributed by atoms with Gasteiger partial charge in [-0.1, -0.05) is 0 Å². The maximum absolute atomic E-state index is 3.99. The molecule has 0 aliphatic heterocycles. The molecule has 0 atom stereocenters. The quantitative estimate of drug-likeness (QED) is 0.647. The monoisotopic (exact) mass is 211 g/mol. The van der Waals surface area contributed by atoms with Crippen molar-refractivity contribution < 1.29 is 0 Å². The molecule has 0 radical (unpaired) electrons. The van der Waals surface area contributed by atoms with Gasteiger partial charge in [-0.15, -0.1) is 0 Å². The zero-order valence-electron chi connectivity index (χ0n) is 5.64. The number of hydrogen-bond donors (Lipinski definition) is 0. The van der Waals surface area contributed by atoms with Gasteiger partial charge >= 0.3 is 69.6 Å².